The summed E-state index contributed by atoms with van der Waals surface area (Å²) in [7, 11) is 0. The number of rotatable bonds is 5. The molecule has 0 heterocycles. The van der Waals surface area contributed by atoms with Crippen LogP contribution in [-0.4, -0.2) is 16.7 Å². The van der Waals surface area contributed by atoms with E-state index in [9.17, 15) is 9.90 Å². The van der Waals surface area contributed by atoms with Crippen LogP contribution in [0, 0.1) is 0 Å². The fourth-order valence-electron chi connectivity index (χ4n) is 1.94. The van der Waals surface area contributed by atoms with Crippen LogP contribution in [0.15, 0.2) is 59.7 Å². The van der Waals surface area contributed by atoms with Crippen molar-refractivity contribution in [2.45, 2.75) is 19.8 Å². The van der Waals surface area contributed by atoms with Gasteiger partial charge in [-0.05, 0) is 31.0 Å². The summed E-state index contributed by atoms with van der Waals surface area (Å²) in [6.07, 6.45) is 1.05. The number of phenolic OH excluding ortho intramolecular Hbond substituents is 1. The zero-order valence-electron chi connectivity index (χ0n) is 11.9. The average Bonchev–Trinajstić information content (AvgIpc) is 2.52. The van der Waals surface area contributed by atoms with E-state index in [1.807, 2.05) is 36.4 Å². The molecule has 4 nitrogen and oxygen atoms in total. The smallest absolute Gasteiger partial charge is 0.240 e. The lowest BCUT2D eigenvalue weighted by atomic mass is 10.1. The molecule has 1 amide bonds. The maximum absolute atomic E-state index is 11.8. The third kappa shape index (κ3) is 4.45. The van der Waals surface area contributed by atoms with E-state index in [0.29, 0.717) is 24.1 Å². The van der Waals surface area contributed by atoms with Gasteiger partial charge >= 0.3 is 0 Å². The summed E-state index contributed by atoms with van der Waals surface area (Å²) >= 11 is 0. The second-order valence-electron chi connectivity index (χ2n) is 4.73. The highest BCUT2D eigenvalue weighted by Crippen LogP contribution is 2.16. The summed E-state index contributed by atoms with van der Waals surface area (Å²) in [5.74, 6) is 0.00547. The van der Waals surface area contributed by atoms with Crippen LogP contribution in [0.5, 0.6) is 5.75 Å². The van der Waals surface area contributed by atoms with Crippen molar-refractivity contribution in [3.63, 3.8) is 0 Å². The van der Waals surface area contributed by atoms with Crippen molar-refractivity contribution in [1.82, 2.24) is 5.43 Å². The predicted molar refractivity (Wildman–Crippen MR) is 83.2 cm³/mol. The Morgan fingerprint density at radius 2 is 1.76 bits per heavy atom. The van der Waals surface area contributed by atoms with Gasteiger partial charge in [0, 0.05) is 12.0 Å². The van der Waals surface area contributed by atoms with Crippen LogP contribution in [0.3, 0.4) is 0 Å². The Morgan fingerprint density at radius 1 is 1.10 bits per heavy atom. The molecule has 0 aliphatic heterocycles. The van der Waals surface area contributed by atoms with Crippen LogP contribution in [0.25, 0.3) is 0 Å². The third-order valence-electron chi connectivity index (χ3n) is 3.13. The van der Waals surface area contributed by atoms with Crippen molar-refractivity contribution in [1.29, 1.82) is 0 Å². The summed E-state index contributed by atoms with van der Waals surface area (Å²) in [6, 6.07) is 16.7. The molecule has 2 N–H and O–H groups in total. The standard InChI is InChI=1S/C17H18N2O2/c1-13(15-9-5-6-10-16(15)20)18-19-17(21)12-11-14-7-3-2-4-8-14/h2-10,20H,11-12H2,1H3,(H,19,21)/b18-13-. The van der Waals surface area contributed by atoms with Crippen molar-refractivity contribution in [2.75, 3.05) is 0 Å². The zero-order valence-corrected chi connectivity index (χ0v) is 11.9. The first kappa shape index (κ1) is 14.8. The molecular weight excluding hydrogens is 264 g/mol. The van der Waals surface area contributed by atoms with Gasteiger partial charge in [-0.3, -0.25) is 4.79 Å². The molecule has 0 saturated heterocycles. The highest BCUT2D eigenvalue weighted by Gasteiger charge is 2.05. The van der Waals surface area contributed by atoms with E-state index in [1.54, 1.807) is 25.1 Å². The number of carbonyl (C=O) groups is 1. The lowest BCUT2D eigenvalue weighted by Crippen LogP contribution is -2.19. The van der Waals surface area contributed by atoms with Crippen LogP contribution < -0.4 is 5.43 Å². The molecule has 0 bridgehead atoms. The number of carbonyl (C=O) groups excluding carboxylic acids is 1. The van der Waals surface area contributed by atoms with E-state index < -0.39 is 0 Å². The Bertz CT molecular complexity index is 636. The molecule has 0 aliphatic rings. The van der Waals surface area contributed by atoms with Gasteiger partial charge in [0.05, 0.1) is 5.71 Å². The van der Waals surface area contributed by atoms with Gasteiger partial charge in [0.1, 0.15) is 5.75 Å². The van der Waals surface area contributed by atoms with Crippen LogP contribution in [0.2, 0.25) is 0 Å². The van der Waals surface area contributed by atoms with Gasteiger partial charge in [0.15, 0.2) is 0 Å². The topological polar surface area (TPSA) is 61.7 Å². The maximum atomic E-state index is 11.8. The predicted octanol–water partition coefficient (Wildman–Crippen LogP) is 2.87. The van der Waals surface area contributed by atoms with Crippen molar-refractivity contribution in [3.8, 4) is 5.75 Å². The Balaban J connectivity index is 1.88. The number of hydrazone groups is 1. The van der Waals surface area contributed by atoms with Gasteiger partial charge < -0.3 is 5.11 Å². The number of hydrogen-bond acceptors (Lipinski definition) is 3. The van der Waals surface area contributed by atoms with E-state index in [2.05, 4.69) is 10.5 Å². The monoisotopic (exact) mass is 282 g/mol. The Labute approximate surface area is 124 Å². The molecule has 0 aromatic heterocycles. The Hall–Kier alpha value is -2.62. The molecule has 2 rings (SSSR count). The first-order chi connectivity index (χ1) is 10.2. The van der Waals surface area contributed by atoms with Crippen molar-refractivity contribution >= 4 is 11.6 Å². The van der Waals surface area contributed by atoms with E-state index in [-0.39, 0.29) is 11.7 Å². The van der Waals surface area contributed by atoms with Gasteiger partial charge in [-0.25, -0.2) is 5.43 Å². The average molecular weight is 282 g/mol. The van der Waals surface area contributed by atoms with Crippen LogP contribution in [0.1, 0.15) is 24.5 Å². The molecule has 0 unspecified atom stereocenters. The maximum Gasteiger partial charge on any atom is 0.240 e. The first-order valence-electron chi connectivity index (χ1n) is 6.82. The number of nitrogens with zero attached hydrogens (tertiary/aromatic N) is 1. The molecule has 0 saturated carbocycles. The highest BCUT2D eigenvalue weighted by molar-refractivity contribution is 6.01. The molecule has 4 heteroatoms. The molecular formula is C17H18N2O2. The number of aryl methyl sites for hydroxylation is 1. The van der Waals surface area contributed by atoms with Gasteiger partial charge in [-0.15, -0.1) is 0 Å². The number of amides is 1. The SMILES string of the molecule is C/C(=N/NC(=O)CCc1ccccc1)c1ccccc1O. The first-order valence-corrected chi connectivity index (χ1v) is 6.82. The number of phenols is 1. The summed E-state index contributed by atoms with van der Waals surface area (Å²) < 4.78 is 0. The summed E-state index contributed by atoms with van der Waals surface area (Å²) in [5, 5.41) is 13.7. The van der Waals surface area contributed by atoms with E-state index in [4.69, 9.17) is 0 Å². The van der Waals surface area contributed by atoms with Crippen molar-refractivity contribution < 1.29 is 9.90 Å². The quantitative estimate of drug-likeness (QED) is 0.654. The normalized spacial score (nSPS) is 11.2. The minimum atomic E-state index is -0.145. The second kappa shape index (κ2) is 7.24. The minimum absolute atomic E-state index is 0.145. The highest BCUT2D eigenvalue weighted by atomic mass is 16.3. The fraction of sp³-hybridized carbons (Fsp3) is 0.176. The van der Waals surface area contributed by atoms with Gasteiger partial charge in [-0.1, -0.05) is 42.5 Å². The summed E-state index contributed by atoms with van der Waals surface area (Å²) in [5.41, 5.74) is 4.82. The van der Waals surface area contributed by atoms with E-state index >= 15 is 0 Å². The van der Waals surface area contributed by atoms with Crippen molar-refractivity contribution in [3.05, 3.63) is 65.7 Å². The van der Waals surface area contributed by atoms with Crippen molar-refractivity contribution in [2.24, 2.45) is 5.10 Å². The van der Waals surface area contributed by atoms with E-state index in [0.717, 1.165) is 5.56 Å². The Morgan fingerprint density at radius 3 is 2.48 bits per heavy atom. The summed E-state index contributed by atoms with van der Waals surface area (Å²) in [4.78, 5) is 11.8. The van der Waals surface area contributed by atoms with Crippen LogP contribution in [0.4, 0.5) is 0 Å². The summed E-state index contributed by atoms with van der Waals surface area (Å²) in [6.45, 7) is 1.74. The fourth-order valence-corrected chi connectivity index (χ4v) is 1.94. The zero-order chi connectivity index (χ0) is 15.1. The molecule has 2 aromatic carbocycles. The molecule has 0 radical (unpaired) electrons. The number of hydrogen-bond donors (Lipinski definition) is 2. The lowest BCUT2D eigenvalue weighted by molar-refractivity contribution is -0.121. The number of aromatic hydroxyl groups is 1. The van der Waals surface area contributed by atoms with Crippen LogP contribution in [-0.2, 0) is 11.2 Å². The minimum Gasteiger partial charge on any atom is -0.507 e. The van der Waals surface area contributed by atoms with Gasteiger partial charge in [-0.2, -0.15) is 5.10 Å². The van der Waals surface area contributed by atoms with Crippen LogP contribution >= 0.6 is 0 Å². The largest absolute Gasteiger partial charge is 0.507 e. The number of nitrogens with one attached hydrogen (secondary N) is 1. The second-order valence-corrected chi connectivity index (χ2v) is 4.73. The molecule has 108 valence electrons. The molecule has 0 aliphatic carbocycles. The van der Waals surface area contributed by atoms with Gasteiger partial charge in [0.25, 0.3) is 0 Å². The van der Waals surface area contributed by atoms with E-state index in [1.165, 1.54) is 0 Å². The molecule has 21 heavy (non-hydrogen) atoms. The number of para-hydroxylation sites is 1. The molecule has 2 aromatic rings. The molecule has 0 spiro atoms. The van der Waals surface area contributed by atoms with Gasteiger partial charge in [0.2, 0.25) is 5.91 Å². The number of benzene rings is 2. The molecule has 0 fully saturated rings. The third-order valence-corrected chi connectivity index (χ3v) is 3.13. The lowest BCUT2D eigenvalue weighted by Gasteiger charge is -2.05. The Kier molecular flexibility index (Phi) is 5.10. The molecule has 0 atom stereocenters.